The van der Waals surface area contributed by atoms with Crippen molar-refractivity contribution in [3.8, 4) is 0 Å². The molecule has 0 atom stereocenters. The van der Waals surface area contributed by atoms with Crippen LogP contribution in [0.4, 0.5) is 0 Å². The molecule has 0 aliphatic rings. The fourth-order valence-electron chi connectivity index (χ4n) is 1.04. The first-order valence-electron chi connectivity index (χ1n) is 3.30. The van der Waals surface area contributed by atoms with Gasteiger partial charge < -0.3 is 0 Å². The minimum atomic E-state index is -0.136. The Hall–Kier alpha value is -0.640. The summed E-state index contributed by atoms with van der Waals surface area (Å²) in [6, 6.07) is 7.34. The van der Waals surface area contributed by atoms with Gasteiger partial charge in [-0.3, -0.25) is 4.79 Å². The second-order valence-corrected chi connectivity index (χ2v) is 2.29. The van der Waals surface area contributed by atoms with E-state index in [1.165, 1.54) is 0 Å². The Balaban J connectivity index is 0.000000720. The first-order valence-corrected chi connectivity index (χ1v) is 3.30. The van der Waals surface area contributed by atoms with Crippen LogP contribution in [0.3, 0.4) is 0 Å². The molecule has 1 aromatic heterocycles. The summed E-state index contributed by atoms with van der Waals surface area (Å²) in [5, 5.41) is 7.60. The molecule has 0 saturated carbocycles. The van der Waals surface area contributed by atoms with E-state index in [-0.39, 0.29) is 35.1 Å². The average Bonchev–Trinajstić information content (AvgIpc) is 2.06. The molecule has 2 aromatic rings. The summed E-state index contributed by atoms with van der Waals surface area (Å²) in [5.74, 6) is 0. The molecule has 1 heterocycles. The summed E-state index contributed by atoms with van der Waals surface area (Å²) in [7, 11) is 0. The van der Waals surface area contributed by atoms with Crippen molar-refractivity contribution in [1.29, 1.82) is 0 Å². The van der Waals surface area contributed by atoms with Crippen molar-refractivity contribution in [2.45, 2.75) is 0 Å². The van der Waals surface area contributed by atoms with E-state index in [0.717, 1.165) is 5.39 Å². The normalized spacial score (nSPS) is 9.33. The van der Waals surface area contributed by atoms with Crippen molar-refractivity contribution in [3.63, 3.8) is 0 Å². The minimum Gasteiger partial charge on any atom is -0.267 e. The molecule has 0 fully saturated rings. The molecule has 0 unspecified atom stereocenters. The van der Waals surface area contributed by atoms with Gasteiger partial charge in [-0.05, 0) is 6.07 Å². The quantitative estimate of drug-likeness (QED) is 0.460. The van der Waals surface area contributed by atoms with Gasteiger partial charge in [0, 0.05) is 10.8 Å². The van der Waals surface area contributed by atoms with Gasteiger partial charge in [-0.25, -0.2) is 5.10 Å². The Morgan fingerprint density at radius 1 is 1.25 bits per heavy atom. The SMILES string of the molecule is O=c1[nH]ncc2ccccc12.[Na+]. The first kappa shape index (κ1) is 9.45. The zero-order valence-corrected chi connectivity index (χ0v) is 8.74. The van der Waals surface area contributed by atoms with E-state index < -0.39 is 0 Å². The molecular weight excluding hydrogens is 163 g/mol. The molecule has 0 spiro atoms. The summed E-state index contributed by atoms with van der Waals surface area (Å²) in [6.07, 6.45) is 1.64. The van der Waals surface area contributed by atoms with E-state index in [1.807, 2.05) is 18.2 Å². The van der Waals surface area contributed by atoms with Gasteiger partial charge in [0.2, 0.25) is 0 Å². The Kier molecular flexibility index (Phi) is 3.03. The number of nitrogens with one attached hydrogen (secondary N) is 1. The molecule has 1 N–H and O–H groups in total. The molecule has 4 heteroatoms. The standard InChI is InChI=1S/C8H6N2O.Na/c11-8-7-4-2-1-3-6(7)5-9-10-8;/h1-5H,(H,10,11);/q;+1. The maximum Gasteiger partial charge on any atom is 1.00 e. The molecular formula is C8H6N2NaO+. The minimum absolute atomic E-state index is 0. The van der Waals surface area contributed by atoms with E-state index in [0.29, 0.717) is 5.39 Å². The van der Waals surface area contributed by atoms with E-state index in [9.17, 15) is 4.79 Å². The van der Waals surface area contributed by atoms with Crippen molar-refractivity contribution < 1.29 is 29.6 Å². The van der Waals surface area contributed by atoms with Crippen molar-refractivity contribution in [3.05, 3.63) is 40.8 Å². The van der Waals surface area contributed by atoms with Gasteiger partial charge in [-0.15, -0.1) is 0 Å². The molecule has 0 amide bonds. The Bertz CT molecular complexity index is 433. The maximum atomic E-state index is 11.1. The fraction of sp³-hybridized carbons (Fsp3) is 0. The predicted octanol–water partition coefficient (Wildman–Crippen LogP) is -2.07. The summed E-state index contributed by atoms with van der Waals surface area (Å²) in [4.78, 5) is 11.1. The van der Waals surface area contributed by atoms with Gasteiger partial charge in [-0.1, -0.05) is 18.2 Å². The molecule has 0 radical (unpaired) electrons. The van der Waals surface area contributed by atoms with Crippen LogP contribution in [0.25, 0.3) is 10.8 Å². The van der Waals surface area contributed by atoms with Gasteiger partial charge in [-0.2, -0.15) is 5.10 Å². The Morgan fingerprint density at radius 3 is 2.75 bits per heavy atom. The molecule has 54 valence electrons. The predicted molar refractivity (Wildman–Crippen MR) is 42.4 cm³/mol. The zero-order valence-electron chi connectivity index (χ0n) is 6.74. The van der Waals surface area contributed by atoms with Gasteiger partial charge in [0.15, 0.2) is 0 Å². The smallest absolute Gasteiger partial charge is 0.267 e. The van der Waals surface area contributed by atoms with Crippen molar-refractivity contribution in [2.75, 3.05) is 0 Å². The van der Waals surface area contributed by atoms with E-state index in [2.05, 4.69) is 10.2 Å². The zero-order chi connectivity index (χ0) is 7.68. The monoisotopic (exact) mass is 169 g/mol. The number of H-pyrrole nitrogens is 1. The van der Waals surface area contributed by atoms with Crippen molar-refractivity contribution in [2.24, 2.45) is 0 Å². The molecule has 0 aliphatic carbocycles. The second kappa shape index (κ2) is 3.85. The summed E-state index contributed by atoms with van der Waals surface area (Å²) in [6.45, 7) is 0. The second-order valence-electron chi connectivity index (χ2n) is 2.29. The van der Waals surface area contributed by atoms with Crippen LogP contribution in [0.2, 0.25) is 0 Å². The van der Waals surface area contributed by atoms with E-state index in [1.54, 1.807) is 12.3 Å². The average molecular weight is 169 g/mol. The fourth-order valence-corrected chi connectivity index (χ4v) is 1.04. The largest absolute Gasteiger partial charge is 1.00 e. The summed E-state index contributed by atoms with van der Waals surface area (Å²) < 4.78 is 0. The maximum absolute atomic E-state index is 11.1. The number of benzene rings is 1. The number of aromatic nitrogens is 2. The van der Waals surface area contributed by atoms with Crippen LogP contribution in [-0.4, -0.2) is 10.2 Å². The first-order chi connectivity index (χ1) is 5.38. The number of fused-ring (bicyclic) bond motifs is 1. The topological polar surface area (TPSA) is 45.8 Å². The Morgan fingerprint density at radius 2 is 2.00 bits per heavy atom. The number of nitrogens with zero attached hydrogens (tertiary/aromatic N) is 1. The van der Waals surface area contributed by atoms with Crippen molar-refractivity contribution in [1.82, 2.24) is 10.2 Å². The van der Waals surface area contributed by atoms with Crippen LogP contribution < -0.4 is 35.1 Å². The summed E-state index contributed by atoms with van der Waals surface area (Å²) in [5.41, 5.74) is -0.136. The van der Waals surface area contributed by atoms with E-state index >= 15 is 0 Å². The third-order valence-electron chi connectivity index (χ3n) is 1.58. The van der Waals surface area contributed by atoms with Gasteiger partial charge in [0.25, 0.3) is 5.56 Å². The van der Waals surface area contributed by atoms with Gasteiger partial charge in [0.05, 0.1) is 6.20 Å². The van der Waals surface area contributed by atoms with Crippen LogP contribution in [0.1, 0.15) is 0 Å². The van der Waals surface area contributed by atoms with Crippen LogP contribution in [0.15, 0.2) is 35.3 Å². The van der Waals surface area contributed by atoms with Crippen LogP contribution in [0, 0.1) is 0 Å². The van der Waals surface area contributed by atoms with Gasteiger partial charge in [0.1, 0.15) is 0 Å². The van der Waals surface area contributed by atoms with Crippen LogP contribution in [-0.2, 0) is 0 Å². The molecule has 0 aliphatic heterocycles. The third kappa shape index (κ3) is 1.58. The third-order valence-corrected chi connectivity index (χ3v) is 1.58. The van der Waals surface area contributed by atoms with Gasteiger partial charge >= 0.3 is 29.6 Å². The molecule has 3 nitrogen and oxygen atoms in total. The Labute approximate surface area is 91.1 Å². The number of aromatic amines is 1. The van der Waals surface area contributed by atoms with Crippen LogP contribution in [0.5, 0.6) is 0 Å². The molecule has 2 rings (SSSR count). The summed E-state index contributed by atoms with van der Waals surface area (Å²) >= 11 is 0. The molecule has 1 aromatic carbocycles. The van der Waals surface area contributed by atoms with E-state index in [4.69, 9.17) is 0 Å². The number of hydrogen-bond donors (Lipinski definition) is 1. The molecule has 0 bridgehead atoms. The molecule has 12 heavy (non-hydrogen) atoms. The van der Waals surface area contributed by atoms with Crippen molar-refractivity contribution >= 4 is 10.8 Å². The van der Waals surface area contributed by atoms with Crippen LogP contribution >= 0.6 is 0 Å². The number of hydrogen-bond acceptors (Lipinski definition) is 2. The number of rotatable bonds is 0. The molecule has 0 saturated heterocycles.